The lowest BCUT2D eigenvalue weighted by Crippen LogP contribution is -2.24. The van der Waals surface area contributed by atoms with Gasteiger partial charge in [-0.25, -0.2) is 0 Å². The number of hydrogen-bond acceptors (Lipinski definition) is 19. The van der Waals surface area contributed by atoms with Gasteiger partial charge >= 0.3 is 36.0 Å². The van der Waals surface area contributed by atoms with Crippen LogP contribution in [0.4, 0.5) is 13.2 Å². The van der Waals surface area contributed by atoms with Gasteiger partial charge in [-0.3, -0.25) is 24.0 Å². The Morgan fingerprint density at radius 1 is 0.304 bits per heavy atom. The molecule has 0 amide bonds. The van der Waals surface area contributed by atoms with Crippen LogP contribution in [-0.2, 0) is 36.8 Å². The summed E-state index contributed by atoms with van der Waals surface area (Å²) in [6.45, 7) is 9.07. The minimum absolute atomic E-state index is 0. The summed E-state index contributed by atoms with van der Waals surface area (Å²) < 4.78 is 36.1. The van der Waals surface area contributed by atoms with E-state index in [-0.39, 0.29) is 71.3 Å². The Labute approximate surface area is 824 Å². The molecule has 138 heavy (non-hydrogen) atoms. The maximum absolute atomic E-state index is 12.0. The minimum atomic E-state index is -4.20. The SMILES string of the molecule is CCCCC[C@@H](O)[C@@H](O)/C=C/C=C/C=C\C=C\C(C)(O)CCCC(=O)O.CCCCC[C@@H](O)[C@@H](O)/C=C/C=C/C=C\C=C\[C@@](C)(O)CCCC(=O)O.C[C@@](O)(/C=C/C=C\C=C\C=C\[C@H](O)[C@H](O)CCCCC(F)(F)F)CCCC(=O)O.O=C(O)CCC[C@H](O)/C=C/C=C\C=C\C=C\[C@H](O)[C@H](O)CCc1ccccc1.O=C(O)CCC[C@H](O)[C@H](O)/C=C/C=C/C=C\CC#CCCCc1ccccc1.S. The Kier molecular flexibility index (Phi) is 86.0. The third-order valence-electron chi connectivity index (χ3n) is 19.8. The predicted molar refractivity (Wildman–Crippen MR) is 549 cm³/mol. The van der Waals surface area contributed by atoms with Crippen LogP contribution in [-0.4, -0.2) is 217 Å². The first-order valence-electron chi connectivity index (χ1n) is 47.2. The summed E-state index contributed by atoms with van der Waals surface area (Å²) in [4.78, 5) is 52.2. The van der Waals surface area contributed by atoms with Crippen molar-refractivity contribution in [1.82, 2.24) is 0 Å². The molecular weight excluding hydrogens is 1790 g/mol. The number of carbonyl (C=O) groups is 5. The van der Waals surface area contributed by atoms with E-state index in [0.29, 0.717) is 89.9 Å². The van der Waals surface area contributed by atoms with Gasteiger partial charge in [0.1, 0.15) is 0 Å². The maximum atomic E-state index is 12.0. The number of rotatable bonds is 67. The monoisotopic (exact) mass is 1960 g/mol. The van der Waals surface area contributed by atoms with Crippen molar-refractivity contribution in [2.45, 2.75) is 337 Å². The summed E-state index contributed by atoms with van der Waals surface area (Å²) in [5, 5.41) is 181. The van der Waals surface area contributed by atoms with Gasteiger partial charge in [0.2, 0.25) is 0 Å². The number of alkyl halides is 3. The van der Waals surface area contributed by atoms with Crippen LogP contribution in [0.2, 0.25) is 0 Å². The number of benzene rings is 2. The highest BCUT2D eigenvalue weighted by molar-refractivity contribution is 7.59. The lowest BCUT2D eigenvalue weighted by Gasteiger charge is -2.17. The lowest BCUT2D eigenvalue weighted by molar-refractivity contribution is -0.138. The number of halogens is 3. The third-order valence-corrected chi connectivity index (χ3v) is 19.8. The van der Waals surface area contributed by atoms with Crippen molar-refractivity contribution < 1.29 is 134 Å². The molecule has 19 N–H and O–H groups in total. The minimum Gasteiger partial charge on any atom is -0.481 e. The number of aryl methyl sites for hydroxylation is 2. The van der Waals surface area contributed by atoms with E-state index < -0.39 is 126 Å². The smallest absolute Gasteiger partial charge is 0.389 e. The molecule has 2 aromatic carbocycles. The molecule has 2 aromatic rings. The second kappa shape index (κ2) is 88.4. The molecule has 0 saturated heterocycles. The zero-order chi connectivity index (χ0) is 103. The van der Waals surface area contributed by atoms with E-state index in [0.717, 1.165) is 63.4 Å². The first-order chi connectivity index (χ1) is 65.1. The Bertz CT molecular complexity index is 4040. The van der Waals surface area contributed by atoms with Gasteiger partial charge in [0.25, 0.3) is 0 Å². The highest BCUT2D eigenvalue weighted by atomic mass is 32.1. The van der Waals surface area contributed by atoms with Gasteiger partial charge in [-0.05, 0) is 147 Å². The van der Waals surface area contributed by atoms with E-state index in [1.807, 2.05) is 54.6 Å². The Hall–Kier alpha value is -10.0. The number of hydrogen-bond donors (Lipinski definition) is 19. The van der Waals surface area contributed by atoms with Gasteiger partial charge in [-0.15, -0.1) is 5.92 Å². The van der Waals surface area contributed by atoms with Crippen molar-refractivity contribution in [3.8, 4) is 11.8 Å². The summed E-state index contributed by atoms with van der Waals surface area (Å²) in [6, 6.07) is 20.2. The molecule has 0 aliphatic heterocycles. The molecule has 0 aliphatic carbocycles. The molecule has 0 spiro atoms. The van der Waals surface area contributed by atoms with Crippen LogP contribution in [0.5, 0.6) is 0 Å². The van der Waals surface area contributed by atoms with Crippen molar-refractivity contribution in [2.75, 3.05) is 0 Å². The highest BCUT2D eigenvalue weighted by Gasteiger charge is 2.27. The normalized spacial score (nSPS) is 16.2. The van der Waals surface area contributed by atoms with Crippen molar-refractivity contribution in [2.24, 2.45) is 0 Å². The number of unbranched alkanes of at least 4 members (excludes halogenated alkanes) is 6. The molecule has 0 heterocycles. The van der Waals surface area contributed by atoms with Crippen molar-refractivity contribution in [3.05, 3.63) is 303 Å². The van der Waals surface area contributed by atoms with E-state index in [1.165, 1.54) is 23.8 Å². The first kappa shape index (κ1) is 134. The standard InChI is InChI=1S/C24H30O4.C23H30O5.C21H31F3O5.2C21H34O5.H2S/c25-22(23(26)19-14-20-24(27)28)18-13-8-6-4-2-1-3-5-7-10-15-21-16-11-9-12-17-21;24-20(14-10-16-23(27)28)13-8-3-1-2-4-9-15-21(25)22(26)18-17-19-11-6-5-7-12-19;1-20(29,15-10-13-19(27)28)14-8-5-3-2-4-6-11-17(25)18(26)12-7-9-16-21(22,23)24;2*1-3-4-9-13-18(22)19(23)14-10-7-5-6-8-11-16-21(2,26)17-12-15-20(24)25;/h2,4,6,8-9,11-13,16-18,22-23,25-26H,1,7,10,14-15,19-20H2,(H,27,28);1-9,11-13,15,20-22,24-26H,10,14,16-18H2,(H,27,28);2-6,8,11,14,17-18,25-26,29H,7,9-10,12-13,15-16H2,1H3,(H,27,28);2*5-8,10-11,14,16,18-19,22-23,26H,3-4,9,12-13,15,17H2,1-2H3,(H,24,25);1H2/b4-2-,8-6+,18-13+;3-1-,4-2+,13-8+,15-9+;4-2+,5-3-,11-6+,14-8+;2*7-5+,8-6-,14-10+,16-11+;/t22-,23+;20-,21+,22-;17-,18+,20+;18-,19+,21?;18-,19+,21-;/m11011./s1. The largest absolute Gasteiger partial charge is 0.481 e. The highest BCUT2D eigenvalue weighted by Crippen LogP contribution is 2.24. The molecular formula is C110H161F3O24S. The zero-order valence-electron chi connectivity index (χ0n) is 81.1. The van der Waals surface area contributed by atoms with Crippen LogP contribution in [0, 0.1) is 11.8 Å². The van der Waals surface area contributed by atoms with Gasteiger partial charge < -0.3 is 97.0 Å². The summed E-state index contributed by atoms with van der Waals surface area (Å²) in [7, 11) is 0. The lowest BCUT2D eigenvalue weighted by atomic mass is 9.98. The number of aliphatic hydroxyl groups excluding tert-OH is 11. The van der Waals surface area contributed by atoms with Gasteiger partial charge in [0.05, 0.1) is 83.9 Å². The van der Waals surface area contributed by atoms with E-state index in [1.54, 1.807) is 215 Å². The molecule has 0 aromatic heterocycles. The van der Waals surface area contributed by atoms with Crippen LogP contribution in [0.1, 0.15) is 245 Å². The molecule has 772 valence electrons. The molecule has 28 heteroatoms. The average Bonchev–Trinajstić information content (AvgIpc) is 0.939. The Morgan fingerprint density at radius 2 is 0.572 bits per heavy atom. The number of aliphatic hydroxyl groups is 14. The summed E-state index contributed by atoms with van der Waals surface area (Å²) >= 11 is 0. The van der Waals surface area contributed by atoms with Gasteiger partial charge in [0, 0.05) is 51.4 Å². The van der Waals surface area contributed by atoms with Gasteiger partial charge in [-0.1, -0.05) is 356 Å². The molecule has 14 atom stereocenters. The number of carboxylic acid groups (broad SMARTS) is 5. The fraction of sp³-hybridized carbons (Fsp3) is 0.482. The first-order valence-corrected chi connectivity index (χ1v) is 47.2. The Morgan fingerprint density at radius 3 is 0.891 bits per heavy atom. The summed E-state index contributed by atoms with van der Waals surface area (Å²) in [5.74, 6) is 1.91. The number of aliphatic carboxylic acids is 5. The molecule has 0 aliphatic rings. The van der Waals surface area contributed by atoms with E-state index in [9.17, 15) is 109 Å². The molecule has 0 radical (unpaired) electrons. The zero-order valence-corrected chi connectivity index (χ0v) is 82.1. The van der Waals surface area contributed by atoms with Crippen LogP contribution in [0.3, 0.4) is 0 Å². The average molecular weight is 1960 g/mol. The molecule has 2 rings (SSSR count). The summed E-state index contributed by atoms with van der Waals surface area (Å²) in [5.41, 5.74) is -0.671. The van der Waals surface area contributed by atoms with Crippen molar-refractivity contribution in [3.63, 3.8) is 0 Å². The van der Waals surface area contributed by atoms with Crippen LogP contribution in [0.25, 0.3) is 0 Å². The molecule has 0 fully saturated rings. The van der Waals surface area contributed by atoms with Crippen LogP contribution < -0.4 is 0 Å². The fourth-order valence-electron chi connectivity index (χ4n) is 11.8. The van der Waals surface area contributed by atoms with E-state index in [2.05, 4.69) is 50.0 Å². The Balaban J connectivity index is -0.000000812. The van der Waals surface area contributed by atoms with Crippen LogP contribution >= 0.6 is 13.5 Å². The van der Waals surface area contributed by atoms with Gasteiger partial charge in [-0.2, -0.15) is 26.7 Å². The van der Waals surface area contributed by atoms with E-state index >= 15 is 0 Å². The third kappa shape index (κ3) is 94.9. The summed E-state index contributed by atoms with van der Waals surface area (Å²) in [6.07, 6.45) is 65.5. The maximum Gasteiger partial charge on any atom is 0.389 e. The molecule has 1 unspecified atom stereocenters. The number of allylic oxidation sites excluding steroid dienone is 29. The van der Waals surface area contributed by atoms with Crippen molar-refractivity contribution >= 4 is 43.3 Å². The molecule has 24 nitrogen and oxygen atoms in total. The topological polar surface area (TPSA) is 470 Å². The number of carboxylic acids is 5. The predicted octanol–water partition coefficient (Wildman–Crippen LogP) is 18.4. The molecule has 0 saturated carbocycles. The van der Waals surface area contributed by atoms with E-state index in [4.69, 9.17) is 25.5 Å². The van der Waals surface area contributed by atoms with Crippen LogP contribution in [0.15, 0.2) is 292 Å². The quantitative estimate of drug-likeness (QED) is 0.0166. The second-order valence-electron chi connectivity index (χ2n) is 33.3. The second-order valence-corrected chi connectivity index (χ2v) is 33.3. The van der Waals surface area contributed by atoms with Crippen molar-refractivity contribution in [1.29, 1.82) is 0 Å². The molecule has 0 bridgehead atoms. The fourth-order valence-corrected chi connectivity index (χ4v) is 11.8. The van der Waals surface area contributed by atoms with Gasteiger partial charge in [0.15, 0.2) is 0 Å².